The summed E-state index contributed by atoms with van der Waals surface area (Å²) in [7, 11) is -3.87. The Morgan fingerprint density at radius 3 is 2.56 bits per heavy atom. The van der Waals surface area contributed by atoms with Gasteiger partial charge in [0, 0.05) is 19.3 Å². The van der Waals surface area contributed by atoms with Gasteiger partial charge in [-0.25, -0.2) is 18.2 Å². The number of pyridine rings is 1. The first-order valence-electron chi connectivity index (χ1n) is 8.84. The molecule has 1 aliphatic rings. The lowest BCUT2D eigenvalue weighted by molar-refractivity contribution is 0.0696. The van der Waals surface area contributed by atoms with Crippen molar-refractivity contribution in [2.75, 3.05) is 22.7 Å². The van der Waals surface area contributed by atoms with Gasteiger partial charge >= 0.3 is 5.97 Å². The number of sulfonamides is 1. The molecule has 0 unspecified atom stereocenters. The summed E-state index contributed by atoms with van der Waals surface area (Å²) in [5, 5.41) is 9.27. The Hall–Kier alpha value is -2.61. The van der Waals surface area contributed by atoms with E-state index in [1.165, 1.54) is 18.3 Å². The lowest BCUT2D eigenvalue weighted by Gasteiger charge is -2.32. The smallest absolute Gasteiger partial charge is 0.337 e. The van der Waals surface area contributed by atoms with E-state index in [-0.39, 0.29) is 16.1 Å². The van der Waals surface area contributed by atoms with Crippen molar-refractivity contribution in [3.05, 3.63) is 47.7 Å². The van der Waals surface area contributed by atoms with Crippen LogP contribution in [0, 0.1) is 12.8 Å². The van der Waals surface area contributed by atoms with Crippen molar-refractivity contribution in [3.8, 4) is 0 Å². The number of carboxylic acid groups (broad SMARTS) is 1. The third-order valence-corrected chi connectivity index (χ3v) is 6.35. The largest absolute Gasteiger partial charge is 0.478 e. The Labute approximate surface area is 159 Å². The van der Waals surface area contributed by atoms with Crippen LogP contribution in [-0.4, -0.2) is 37.6 Å². The van der Waals surface area contributed by atoms with Crippen molar-refractivity contribution in [1.29, 1.82) is 0 Å². The van der Waals surface area contributed by atoms with E-state index < -0.39 is 16.0 Å². The number of nitrogens with one attached hydrogen (secondary N) is 1. The van der Waals surface area contributed by atoms with E-state index >= 15 is 0 Å². The van der Waals surface area contributed by atoms with Crippen molar-refractivity contribution < 1.29 is 18.3 Å². The number of carboxylic acids is 1. The first-order chi connectivity index (χ1) is 12.8. The molecule has 7 nitrogen and oxygen atoms in total. The molecule has 0 radical (unpaired) electrons. The monoisotopic (exact) mass is 389 g/mol. The minimum absolute atomic E-state index is 0.0633. The molecule has 0 spiro atoms. The second kappa shape index (κ2) is 7.56. The number of nitrogens with zero attached hydrogens (tertiary/aromatic N) is 2. The number of rotatable bonds is 5. The molecule has 2 heterocycles. The van der Waals surface area contributed by atoms with Crippen LogP contribution in [0.1, 0.15) is 35.7 Å². The molecule has 27 heavy (non-hydrogen) atoms. The third kappa shape index (κ3) is 4.21. The van der Waals surface area contributed by atoms with E-state index in [0.29, 0.717) is 17.3 Å². The summed E-state index contributed by atoms with van der Waals surface area (Å²) in [5.74, 6) is -0.0895. The fourth-order valence-corrected chi connectivity index (χ4v) is 4.48. The van der Waals surface area contributed by atoms with E-state index in [1.54, 1.807) is 25.1 Å². The highest BCUT2D eigenvalue weighted by atomic mass is 32.2. The summed E-state index contributed by atoms with van der Waals surface area (Å²) in [6, 6.07) is 7.99. The molecular formula is C19H23N3O4S. The van der Waals surface area contributed by atoms with E-state index in [0.717, 1.165) is 25.9 Å². The van der Waals surface area contributed by atoms with Crippen molar-refractivity contribution in [1.82, 2.24) is 4.98 Å². The lowest BCUT2D eigenvalue weighted by Crippen LogP contribution is -2.34. The summed E-state index contributed by atoms with van der Waals surface area (Å²) >= 11 is 0. The van der Waals surface area contributed by atoms with Gasteiger partial charge in [-0.2, -0.15) is 0 Å². The number of aromatic nitrogens is 1. The number of hydrogen-bond acceptors (Lipinski definition) is 5. The Morgan fingerprint density at radius 1 is 1.26 bits per heavy atom. The fraction of sp³-hybridized carbons (Fsp3) is 0.368. The number of benzene rings is 1. The molecule has 1 aliphatic heterocycles. The van der Waals surface area contributed by atoms with E-state index in [2.05, 4.69) is 16.6 Å². The number of anilines is 2. The fourth-order valence-electron chi connectivity index (χ4n) is 3.18. The normalized spacial score (nSPS) is 15.6. The standard InChI is InChI=1S/C19H23N3O4S/c1-13-7-9-22(10-8-13)18-16(11-15(12-20-18)19(23)24)21-27(25,26)17-6-4-3-5-14(17)2/h3-6,11-13,21H,7-10H2,1-2H3,(H,23,24). The zero-order valence-electron chi connectivity index (χ0n) is 15.3. The number of carbonyl (C=O) groups is 1. The second-order valence-electron chi connectivity index (χ2n) is 6.94. The first-order valence-corrected chi connectivity index (χ1v) is 10.3. The van der Waals surface area contributed by atoms with Gasteiger partial charge in [-0.1, -0.05) is 25.1 Å². The molecule has 0 amide bonds. The molecule has 0 saturated carbocycles. The molecule has 0 aliphatic carbocycles. The van der Waals surface area contributed by atoms with Crippen LogP contribution in [0.4, 0.5) is 11.5 Å². The SMILES string of the molecule is Cc1ccccc1S(=O)(=O)Nc1cc(C(=O)O)cnc1N1CCC(C)CC1. The van der Waals surface area contributed by atoms with Gasteiger partial charge in [-0.05, 0) is 43.4 Å². The maximum absolute atomic E-state index is 12.9. The summed E-state index contributed by atoms with van der Waals surface area (Å²) in [4.78, 5) is 17.8. The van der Waals surface area contributed by atoms with Crippen LogP contribution in [0.5, 0.6) is 0 Å². The zero-order valence-corrected chi connectivity index (χ0v) is 16.2. The summed E-state index contributed by atoms with van der Waals surface area (Å²) in [6.45, 7) is 5.40. The molecule has 1 fully saturated rings. The molecule has 8 heteroatoms. The first kappa shape index (κ1) is 19.2. The third-order valence-electron chi connectivity index (χ3n) is 4.82. The number of aromatic carboxylic acids is 1. The molecular weight excluding hydrogens is 366 g/mol. The summed E-state index contributed by atoms with van der Waals surface area (Å²) in [6.07, 6.45) is 3.22. The summed E-state index contributed by atoms with van der Waals surface area (Å²) in [5.41, 5.74) is 0.736. The van der Waals surface area contributed by atoms with Crippen LogP contribution in [0.3, 0.4) is 0 Å². The van der Waals surface area contributed by atoms with Gasteiger partial charge in [-0.15, -0.1) is 0 Å². The van der Waals surface area contributed by atoms with Crippen LogP contribution in [0.2, 0.25) is 0 Å². The molecule has 1 aromatic carbocycles. The zero-order chi connectivity index (χ0) is 19.6. The van der Waals surface area contributed by atoms with Crippen LogP contribution in [0.15, 0.2) is 41.4 Å². The molecule has 3 rings (SSSR count). The molecule has 1 saturated heterocycles. The Balaban J connectivity index is 2.00. The van der Waals surface area contributed by atoms with Crippen molar-refractivity contribution in [3.63, 3.8) is 0 Å². The predicted octanol–water partition coefficient (Wildman–Crippen LogP) is 3.13. The maximum Gasteiger partial charge on any atom is 0.337 e. The van der Waals surface area contributed by atoms with Gasteiger partial charge in [0.25, 0.3) is 10.0 Å². The number of aryl methyl sites for hydroxylation is 1. The topological polar surface area (TPSA) is 99.6 Å². The predicted molar refractivity (Wildman–Crippen MR) is 104 cm³/mol. The Kier molecular flexibility index (Phi) is 5.36. The van der Waals surface area contributed by atoms with Crippen LogP contribution in [-0.2, 0) is 10.0 Å². The average Bonchev–Trinajstić information content (AvgIpc) is 2.62. The molecule has 2 N–H and O–H groups in total. The van der Waals surface area contributed by atoms with Gasteiger partial charge in [0.15, 0.2) is 5.82 Å². The van der Waals surface area contributed by atoms with Crippen LogP contribution in [0.25, 0.3) is 0 Å². The van der Waals surface area contributed by atoms with Gasteiger partial charge in [0.2, 0.25) is 0 Å². The number of hydrogen-bond donors (Lipinski definition) is 2. The number of piperidine rings is 1. The highest BCUT2D eigenvalue weighted by molar-refractivity contribution is 7.92. The average molecular weight is 389 g/mol. The quantitative estimate of drug-likeness (QED) is 0.815. The van der Waals surface area contributed by atoms with Gasteiger partial charge in [0.1, 0.15) is 0 Å². The van der Waals surface area contributed by atoms with Gasteiger partial charge in [-0.3, -0.25) is 4.72 Å². The van der Waals surface area contributed by atoms with E-state index in [1.807, 2.05) is 4.90 Å². The van der Waals surface area contributed by atoms with Gasteiger partial charge < -0.3 is 10.0 Å². The molecule has 1 aromatic heterocycles. The highest BCUT2D eigenvalue weighted by Crippen LogP contribution is 2.30. The lowest BCUT2D eigenvalue weighted by atomic mass is 9.99. The maximum atomic E-state index is 12.9. The molecule has 0 bridgehead atoms. The summed E-state index contributed by atoms with van der Waals surface area (Å²) < 4.78 is 28.3. The minimum atomic E-state index is -3.87. The highest BCUT2D eigenvalue weighted by Gasteiger charge is 2.24. The Morgan fingerprint density at radius 2 is 1.93 bits per heavy atom. The van der Waals surface area contributed by atoms with Gasteiger partial charge in [0.05, 0.1) is 16.1 Å². The minimum Gasteiger partial charge on any atom is -0.478 e. The van der Waals surface area contributed by atoms with Crippen LogP contribution >= 0.6 is 0 Å². The van der Waals surface area contributed by atoms with Crippen molar-refractivity contribution >= 4 is 27.5 Å². The Bertz CT molecular complexity index is 951. The van der Waals surface area contributed by atoms with E-state index in [9.17, 15) is 18.3 Å². The second-order valence-corrected chi connectivity index (χ2v) is 8.59. The van der Waals surface area contributed by atoms with Crippen LogP contribution < -0.4 is 9.62 Å². The van der Waals surface area contributed by atoms with E-state index in [4.69, 9.17) is 0 Å². The molecule has 0 atom stereocenters. The van der Waals surface area contributed by atoms with Crippen molar-refractivity contribution in [2.24, 2.45) is 5.92 Å². The molecule has 2 aromatic rings. The van der Waals surface area contributed by atoms with Crippen molar-refractivity contribution in [2.45, 2.75) is 31.6 Å². The molecule has 144 valence electrons.